The van der Waals surface area contributed by atoms with Gasteiger partial charge >= 0.3 is 5.97 Å². The van der Waals surface area contributed by atoms with E-state index in [9.17, 15) is 17.8 Å². The van der Waals surface area contributed by atoms with Crippen LogP contribution in [0, 0.1) is 5.41 Å². The second-order valence-corrected chi connectivity index (χ2v) is 6.96. The van der Waals surface area contributed by atoms with Gasteiger partial charge in [0, 0.05) is 6.08 Å². The summed E-state index contributed by atoms with van der Waals surface area (Å²) in [4.78, 5) is 10.8. The molecule has 0 aromatic rings. The van der Waals surface area contributed by atoms with E-state index in [1.165, 1.54) is 13.8 Å². The SMILES string of the molecule is C=CC(=O)OCCC(C)(C)C(C)(C)S(=O)(=O)O.N. The molecule has 0 spiro atoms. The van der Waals surface area contributed by atoms with Gasteiger partial charge in [0.25, 0.3) is 10.1 Å². The molecule has 4 N–H and O–H groups in total. The van der Waals surface area contributed by atoms with Gasteiger partial charge in [-0.15, -0.1) is 0 Å². The van der Waals surface area contributed by atoms with Crippen LogP contribution in [0.4, 0.5) is 0 Å². The number of hydrogen-bond donors (Lipinski definition) is 2. The smallest absolute Gasteiger partial charge is 0.330 e. The van der Waals surface area contributed by atoms with E-state index < -0.39 is 26.2 Å². The van der Waals surface area contributed by atoms with Gasteiger partial charge in [-0.3, -0.25) is 4.55 Å². The molecule has 6 nitrogen and oxygen atoms in total. The molecule has 0 aromatic carbocycles. The van der Waals surface area contributed by atoms with Crippen LogP contribution in [0.3, 0.4) is 0 Å². The number of hydrogen-bond acceptors (Lipinski definition) is 5. The average molecular weight is 281 g/mol. The molecule has 7 heteroatoms. The van der Waals surface area contributed by atoms with Crippen molar-refractivity contribution in [2.45, 2.75) is 38.9 Å². The lowest BCUT2D eigenvalue weighted by Gasteiger charge is -2.38. The number of rotatable bonds is 6. The van der Waals surface area contributed by atoms with E-state index in [0.29, 0.717) is 6.42 Å². The van der Waals surface area contributed by atoms with E-state index in [0.717, 1.165) is 6.08 Å². The first-order valence-electron chi connectivity index (χ1n) is 5.22. The van der Waals surface area contributed by atoms with Gasteiger partial charge in [-0.2, -0.15) is 8.42 Å². The molecule has 0 aliphatic rings. The van der Waals surface area contributed by atoms with Gasteiger partial charge in [0.2, 0.25) is 0 Å². The zero-order valence-electron chi connectivity index (χ0n) is 11.4. The lowest BCUT2D eigenvalue weighted by Crippen LogP contribution is -2.46. The minimum absolute atomic E-state index is 0. The van der Waals surface area contributed by atoms with E-state index >= 15 is 0 Å². The van der Waals surface area contributed by atoms with Crippen molar-refractivity contribution >= 4 is 16.1 Å². The summed E-state index contributed by atoms with van der Waals surface area (Å²) in [6.45, 7) is 9.61. The van der Waals surface area contributed by atoms with E-state index in [1.54, 1.807) is 13.8 Å². The molecule has 0 rings (SSSR count). The maximum absolute atomic E-state index is 11.3. The van der Waals surface area contributed by atoms with Crippen LogP contribution in [0.2, 0.25) is 0 Å². The minimum Gasteiger partial charge on any atom is -0.463 e. The highest BCUT2D eigenvalue weighted by Gasteiger charge is 2.46. The molecule has 0 fully saturated rings. The molecular formula is C11H23NO5S. The summed E-state index contributed by atoms with van der Waals surface area (Å²) in [5.41, 5.74) is -0.734. The first kappa shape index (κ1) is 19.4. The predicted molar refractivity (Wildman–Crippen MR) is 70.2 cm³/mol. The Morgan fingerprint density at radius 3 is 2.11 bits per heavy atom. The molecule has 0 amide bonds. The van der Waals surface area contributed by atoms with Crippen molar-refractivity contribution in [1.29, 1.82) is 0 Å². The first-order valence-corrected chi connectivity index (χ1v) is 6.66. The average Bonchev–Trinajstić information content (AvgIpc) is 2.15. The summed E-state index contributed by atoms with van der Waals surface area (Å²) in [6.07, 6.45) is 1.36. The second kappa shape index (κ2) is 6.31. The van der Waals surface area contributed by atoms with Gasteiger partial charge in [0.05, 0.1) is 11.4 Å². The predicted octanol–water partition coefficient (Wildman–Crippen LogP) is 1.96. The molecule has 0 saturated heterocycles. The van der Waals surface area contributed by atoms with Crippen LogP contribution in [0.25, 0.3) is 0 Å². The molecule has 0 unspecified atom stereocenters. The zero-order chi connectivity index (χ0) is 13.9. The Kier molecular flexibility index (Phi) is 6.80. The molecule has 0 aliphatic heterocycles. The normalized spacial score (nSPS) is 12.5. The van der Waals surface area contributed by atoms with Gasteiger partial charge in [0.15, 0.2) is 0 Å². The highest BCUT2D eigenvalue weighted by Crippen LogP contribution is 2.39. The minimum atomic E-state index is -4.18. The molecule has 0 atom stereocenters. The summed E-state index contributed by atoms with van der Waals surface area (Å²) in [5, 5.41) is 0. The van der Waals surface area contributed by atoms with Crippen molar-refractivity contribution in [3.63, 3.8) is 0 Å². The first-order chi connectivity index (χ1) is 7.45. The topological polar surface area (TPSA) is 116 Å². The Balaban J connectivity index is 0. The number of carbonyl (C=O) groups is 1. The monoisotopic (exact) mass is 281 g/mol. The standard InChI is InChI=1S/C11H20O5S.H3N/c1-6-9(12)16-8-7-10(2,3)11(4,5)17(13,14)15;/h6H,1,7-8H2,2-5H3,(H,13,14,15);1H3. The Morgan fingerprint density at radius 2 is 1.78 bits per heavy atom. The fraction of sp³-hybridized carbons (Fsp3) is 0.727. The molecule has 108 valence electrons. The Morgan fingerprint density at radius 1 is 1.33 bits per heavy atom. The highest BCUT2D eigenvalue weighted by atomic mass is 32.2. The third kappa shape index (κ3) is 4.40. The third-order valence-electron chi connectivity index (χ3n) is 3.41. The van der Waals surface area contributed by atoms with Gasteiger partial charge in [-0.05, 0) is 25.7 Å². The van der Waals surface area contributed by atoms with Crippen molar-refractivity contribution in [3.8, 4) is 0 Å². The van der Waals surface area contributed by atoms with Gasteiger partial charge in [0.1, 0.15) is 0 Å². The summed E-state index contributed by atoms with van der Waals surface area (Å²) in [5.74, 6) is -0.550. The largest absolute Gasteiger partial charge is 0.463 e. The molecule has 0 saturated carbocycles. The molecular weight excluding hydrogens is 258 g/mol. The third-order valence-corrected chi connectivity index (χ3v) is 5.26. The fourth-order valence-electron chi connectivity index (χ4n) is 1.12. The van der Waals surface area contributed by atoms with Crippen molar-refractivity contribution in [2.75, 3.05) is 6.61 Å². The summed E-state index contributed by atoms with van der Waals surface area (Å²) >= 11 is 0. The maximum Gasteiger partial charge on any atom is 0.330 e. The van der Waals surface area contributed by atoms with Crippen LogP contribution in [-0.2, 0) is 19.6 Å². The van der Waals surface area contributed by atoms with Crippen molar-refractivity contribution in [1.82, 2.24) is 6.15 Å². The van der Waals surface area contributed by atoms with Crippen LogP contribution < -0.4 is 6.15 Å². The molecule has 0 heterocycles. The van der Waals surface area contributed by atoms with Crippen LogP contribution in [0.15, 0.2) is 12.7 Å². The Labute approximate surface area is 109 Å². The van der Waals surface area contributed by atoms with Gasteiger partial charge in [-0.25, -0.2) is 4.79 Å². The zero-order valence-corrected chi connectivity index (χ0v) is 12.2. The van der Waals surface area contributed by atoms with E-state index in [-0.39, 0.29) is 12.8 Å². The number of carbonyl (C=O) groups excluding carboxylic acids is 1. The van der Waals surface area contributed by atoms with Crippen LogP contribution in [0.5, 0.6) is 0 Å². The molecule has 0 radical (unpaired) electrons. The molecule has 18 heavy (non-hydrogen) atoms. The van der Waals surface area contributed by atoms with E-state index in [2.05, 4.69) is 6.58 Å². The molecule has 0 aromatic heterocycles. The lowest BCUT2D eigenvalue weighted by molar-refractivity contribution is -0.138. The molecule has 0 bridgehead atoms. The maximum atomic E-state index is 11.3. The van der Waals surface area contributed by atoms with Crippen molar-refractivity contribution in [3.05, 3.63) is 12.7 Å². The van der Waals surface area contributed by atoms with Gasteiger partial charge < -0.3 is 10.9 Å². The highest BCUT2D eigenvalue weighted by molar-refractivity contribution is 7.87. The van der Waals surface area contributed by atoms with E-state index in [1.807, 2.05) is 0 Å². The Hall–Kier alpha value is -0.920. The quantitative estimate of drug-likeness (QED) is 0.437. The van der Waals surface area contributed by atoms with Crippen LogP contribution in [0.1, 0.15) is 34.1 Å². The summed E-state index contributed by atoms with van der Waals surface area (Å²) in [7, 11) is -4.18. The van der Waals surface area contributed by atoms with Crippen LogP contribution in [-0.4, -0.2) is 30.3 Å². The van der Waals surface area contributed by atoms with Crippen LogP contribution >= 0.6 is 0 Å². The number of ether oxygens (including phenoxy) is 1. The fourth-order valence-corrected chi connectivity index (χ4v) is 1.92. The van der Waals surface area contributed by atoms with Gasteiger partial charge in [-0.1, -0.05) is 20.4 Å². The van der Waals surface area contributed by atoms with E-state index in [4.69, 9.17) is 4.74 Å². The lowest BCUT2D eigenvalue weighted by atomic mass is 9.78. The van der Waals surface area contributed by atoms with Crippen molar-refractivity contribution < 1.29 is 22.5 Å². The van der Waals surface area contributed by atoms with Crippen molar-refractivity contribution in [2.24, 2.45) is 5.41 Å². The Bertz CT molecular complexity index is 398. The number of esters is 1. The summed E-state index contributed by atoms with van der Waals surface area (Å²) in [6, 6.07) is 0. The second-order valence-electron chi connectivity index (χ2n) is 4.99. The molecule has 0 aliphatic carbocycles. The summed E-state index contributed by atoms with van der Waals surface area (Å²) < 4.78 is 35.2.